The van der Waals surface area contributed by atoms with Crippen molar-refractivity contribution in [3.05, 3.63) is 18.0 Å². The monoisotopic (exact) mass is 297 g/mol. The molecular weight excluding hydrogens is 279 g/mol. The lowest BCUT2D eigenvalue weighted by molar-refractivity contribution is -0.141. The van der Waals surface area contributed by atoms with Crippen LogP contribution in [0.25, 0.3) is 0 Å². The number of halogens is 3. The summed E-state index contributed by atoms with van der Waals surface area (Å²) in [6.07, 6.45) is 3.01. The first-order chi connectivity index (χ1) is 10.0. The number of aromatic nitrogens is 2. The lowest BCUT2D eigenvalue weighted by Crippen LogP contribution is -2.34. The fourth-order valence-electron chi connectivity index (χ4n) is 4.99. The van der Waals surface area contributed by atoms with E-state index in [0.717, 1.165) is 30.2 Å². The maximum atomic E-state index is 12.7. The zero-order valence-electron chi connectivity index (χ0n) is 11.6. The van der Waals surface area contributed by atoms with Gasteiger partial charge in [-0.25, -0.2) is 9.97 Å². The van der Waals surface area contributed by atoms with Gasteiger partial charge in [-0.1, -0.05) is 6.42 Å². The van der Waals surface area contributed by atoms with Crippen molar-refractivity contribution >= 4 is 5.95 Å². The van der Waals surface area contributed by atoms with Gasteiger partial charge in [0.05, 0.1) is 0 Å². The quantitative estimate of drug-likeness (QED) is 0.904. The summed E-state index contributed by atoms with van der Waals surface area (Å²) in [7, 11) is 0. The molecule has 1 N–H and O–H groups in total. The molecule has 0 saturated heterocycles. The first-order valence-corrected chi connectivity index (χ1v) is 7.69. The molecule has 3 fully saturated rings. The Morgan fingerprint density at radius 2 is 1.90 bits per heavy atom. The van der Waals surface area contributed by atoms with Gasteiger partial charge in [0.15, 0.2) is 0 Å². The van der Waals surface area contributed by atoms with Crippen LogP contribution < -0.4 is 5.32 Å². The second-order valence-electron chi connectivity index (χ2n) is 6.67. The summed E-state index contributed by atoms with van der Waals surface area (Å²) in [5, 5.41) is 3.18. The van der Waals surface area contributed by atoms with Gasteiger partial charge in [0, 0.05) is 12.2 Å². The highest BCUT2D eigenvalue weighted by Gasteiger charge is 2.53. The molecule has 1 heterocycles. The molecule has 0 aliphatic heterocycles. The van der Waals surface area contributed by atoms with Gasteiger partial charge in [-0.05, 0) is 55.4 Å². The molecule has 5 atom stereocenters. The molecule has 3 saturated carbocycles. The van der Waals surface area contributed by atoms with Gasteiger partial charge in [-0.2, -0.15) is 13.2 Å². The molecule has 4 rings (SSSR count). The lowest BCUT2D eigenvalue weighted by Gasteiger charge is -2.32. The second-order valence-corrected chi connectivity index (χ2v) is 6.67. The zero-order chi connectivity index (χ0) is 14.6. The molecule has 5 unspecified atom stereocenters. The Morgan fingerprint density at radius 1 is 1.10 bits per heavy atom. The molecule has 2 bridgehead atoms. The van der Waals surface area contributed by atoms with Crippen LogP contribution in [0.15, 0.2) is 12.3 Å². The van der Waals surface area contributed by atoms with Gasteiger partial charge >= 0.3 is 6.18 Å². The summed E-state index contributed by atoms with van der Waals surface area (Å²) >= 11 is 0. The lowest BCUT2D eigenvalue weighted by atomic mass is 9.79. The third-order valence-electron chi connectivity index (χ3n) is 5.69. The van der Waals surface area contributed by atoms with Gasteiger partial charge in [0.25, 0.3) is 0 Å². The number of hydrogen-bond acceptors (Lipinski definition) is 3. The van der Waals surface area contributed by atoms with E-state index >= 15 is 0 Å². The smallest absolute Gasteiger partial charge is 0.351 e. The van der Waals surface area contributed by atoms with Crippen LogP contribution in [0.5, 0.6) is 0 Å². The Labute approximate surface area is 121 Å². The fraction of sp³-hybridized carbons (Fsp3) is 0.733. The Bertz CT molecular complexity index is 545. The van der Waals surface area contributed by atoms with Crippen molar-refractivity contribution in [1.82, 2.24) is 9.97 Å². The van der Waals surface area contributed by atoms with Crippen molar-refractivity contribution in [2.45, 2.75) is 44.3 Å². The van der Waals surface area contributed by atoms with Gasteiger partial charge in [-0.15, -0.1) is 0 Å². The number of rotatable bonds is 2. The molecule has 1 aromatic rings. The van der Waals surface area contributed by atoms with E-state index in [9.17, 15) is 13.2 Å². The van der Waals surface area contributed by atoms with Crippen molar-refractivity contribution in [2.75, 3.05) is 5.32 Å². The highest BCUT2D eigenvalue weighted by molar-refractivity contribution is 5.30. The topological polar surface area (TPSA) is 37.8 Å². The van der Waals surface area contributed by atoms with Gasteiger partial charge in [0.1, 0.15) is 5.69 Å². The standard InChI is InChI=1S/C15H18F3N3/c16-15(17,18)13-4-5-19-14(21-13)20-12-7-8-6-11(12)10-3-1-2-9(8)10/h4-5,8-12H,1-3,6-7H2,(H,19,20,21). The van der Waals surface area contributed by atoms with Crippen LogP contribution in [0.1, 0.15) is 37.8 Å². The molecule has 3 nitrogen and oxygen atoms in total. The number of hydrogen-bond donors (Lipinski definition) is 1. The van der Waals surface area contributed by atoms with E-state index in [1.165, 1.54) is 31.9 Å². The maximum Gasteiger partial charge on any atom is 0.433 e. The van der Waals surface area contributed by atoms with Crippen LogP contribution in [0.3, 0.4) is 0 Å². The van der Waals surface area contributed by atoms with E-state index in [1.807, 2.05) is 0 Å². The summed E-state index contributed by atoms with van der Waals surface area (Å²) in [5.41, 5.74) is -0.873. The third kappa shape index (κ3) is 2.19. The third-order valence-corrected chi connectivity index (χ3v) is 5.69. The molecule has 3 aliphatic rings. The van der Waals surface area contributed by atoms with E-state index in [2.05, 4.69) is 15.3 Å². The van der Waals surface area contributed by atoms with E-state index in [0.29, 0.717) is 5.92 Å². The molecule has 21 heavy (non-hydrogen) atoms. The molecule has 0 radical (unpaired) electrons. The minimum atomic E-state index is -4.41. The normalized spacial score (nSPS) is 37.8. The average molecular weight is 297 g/mol. The average Bonchev–Trinajstić information content (AvgIpc) is 3.09. The molecule has 3 aliphatic carbocycles. The predicted octanol–water partition coefficient (Wildman–Crippen LogP) is 3.73. The summed E-state index contributed by atoms with van der Waals surface area (Å²) in [4.78, 5) is 7.59. The molecule has 6 heteroatoms. The van der Waals surface area contributed by atoms with Crippen LogP contribution in [-0.4, -0.2) is 16.0 Å². The van der Waals surface area contributed by atoms with Crippen LogP contribution in [0.2, 0.25) is 0 Å². The van der Waals surface area contributed by atoms with Crippen molar-refractivity contribution in [2.24, 2.45) is 23.7 Å². The molecule has 0 spiro atoms. The second kappa shape index (κ2) is 4.58. The maximum absolute atomic E-state index is 12.7. The number of nitrogens with one attached hydrogen (secondary N) is 1. The van der Waals surface area contributed by atoms with Gasteiger partial charge in [0.2, 0.25) is 5.95 Å². The minimum absolute atomic E-state index is 0.122. The number of nitrogens with zero attached hydrogens (tertiary/aromatic N) is 2. The number of fused-ring (bicyclic) bond motifs is 5. The van der Waals surface area contributed by atoms with E-state index < -0.39 is 11.9 Å². The first-order valence-electron chi connectivity index (χ1n) is 7.69. The zero-order valence-corrected chi connectivity index (χ0v) is 11.6. The Hall–Kier alpha value is -1.33. The molecule has 1 aromatic heterocycles. The van der Waals surface area contributed by atoms with E-state index in [-0.39, 0.29) is 12.0 Å². The summed E-state index contributed by atoms with van der Waals surface area (Å²) in [6, 6.07) is 1.16. The van der Waals surface area contributed by atoms with Crippen LogP contribution in [0.4, 0.5) is 19.1 Å². The van der Waals surface area contributed by atoms with Crippen molar-refractivity contribution in [3.63, 3.8) is 0 Å². The first kappa shape index (κ1) is 13.3. The Balaban J connectivity index is 1.50. The fourth-order valence-corrected chi connectivity index (χ4v) is 4.99. The van der Waals surface area contributed by atoms with Crippen LogP contribution in [0, 0.1) is 23.7 Å². The van der Waals surface area contributed by atoms with Crippen molar-refractivity contribution < 1.29 is 13.2 Å². The Kier molecular flexibility index (Phi) is 2.91. The molecule has 114 valence electrons. The molecular formula is C15H18F3N3. The summed E-state index contributed by atoms with van der Waals surface area (Å²) in [6.45, 7) is 0. The van der Waals surface area contributed by atoms with Crippen LogP contribution in [-0.2, 0) is 6.18 Å². The van der Waals surface area contributed by atoms with Crippen molar-refractivity contribution in [1.29, 1.82) is 0 Å². The largest absolute Gasteiger partial charge is 0.433 e. The highest BCUT2D eigenvalue weighted by Crippen LogP contribution is 2.59. The van der Waals surface area contributed by atoms with Gasteiger partial charge < -0.3 is 5.32 Å². The van der Waals surface area contributed by atoms with E-state index in [4.69, 9.17) is 0 Å². The van der Waals surface area contributed by atoms with E-state index in [1.54, 1.807) is 0 Å². The van der Waals surface area contributed by atoms with Crippen LogP contribution >= 0.6 is 0 Å². The SMILES string of the molecule is FC(F)(F)c1ccnc(NC2CC3CC2C2CCCC32)n1. The highest BCUT2D eigenvalue weighted by atomic mass is 19.4. The summed E-state index contributed by atoms with van der Waals surface area (Å²) in [5.74, 6) is 3.12. The summed E-state index contributed by atoms with van der Waals surface area (Å²) < 4.78 is 38.1. The Morgan fingerprint density at radius 3 is 2.71 bits per heavy atom. The molecule has 0 amide bonds. The molecule has 0 aromatic carbocycles. The predicted molar refractivity (Wildman–Crippen MR) is 71.5 cm³/mol. The number of anilines is 1. The van der Waals surface area contributed by atoms with Gasteiger partial charge in [-0.3, -0.25) is 0 Å². The number of alkyl halides is 3. The van der Waals surface area contributed by atoms with Crippen molar-refractivity contribution in [3.8, 4) is 0 Å². The minimum Gasteiger partial charge on any atom is -0.351 e.